The zero-order chi connectivity index (χ0) is 20.6. The average molecular weight is 557 g/mol. The third-order valence-electron chi connectivity index (χ3n) is 5.77. The number of rotatable bonds is 8. The zero-order valence-corrected chi connectivity index (χ0v) is 21.1. The summed E-state index contributed by atoms with van der Waals surface area (Å²) in [5.74, 6) is 1.59. The van der Waals surface area contributed by atoms with Crippen molar-refractivity contribution >= 4 is 46.4 Å². The van der Waals surface area contributed by atoms with E-state index in [1.165, 1.54) is 31.5 Å². The van der Waals surface area contributed by atoms with Gasteiger partial charge in [0.2, 0.25) is 0 Å². The number of likely N-dealkylation sites (tertiary alicyclic amines) is 1. The third kappa shape index (κ3) is 7.21. The van der Waals surface area contributed by atoms with E-state index < -0.39 is 0 Å². The lowest BCUT2D eigenvalue weighted by Gasteiger charge is -2.35. The summed E-state index contributed by atoms with van der Waals surface area (Å²) in [6.45, 7) is 8.56. The Hall–Kier alpha value is -1.59. The highest BCUT2D eigenvalue weighted by molar-refractivity contribution is 14.0. The summed E-state index contributed by atoms with van der Waals surface area (Å²) in [5.41, 5.74) is 7.48. The second-order valence-electron chi connectivity index (χ2n) is 7.82. The molecule has 170 valence electrons. The molecule has 3 heterocycles. The minimum atomic E-state index is 0. The monoisotopic (exact) mass is 556 g/mol. The number of benzene rings is 1. The molecule has 2 aromatic rings. The highest BCUT2D eigenvalue weighted by atomic mass is 127. The van der Waals surface area contributed by atoms with Crippen molar-refractivity contribution in [1.29, 1.82) is 0 Å². The maximum atomic E-state index is 6.23. The Labute approximate surface area is 206 Å². The van der Waals surface area contributed by atoms with Crippen molar-refractivity contribution < 1.29 is 4.74 Å². The Bertz CT molecular complexity index is 787. The molecule has 0 bridgehead atoms. The van der Waals surface area contributed by atoms with Gasteiger partial charge >= 0.3 is 0 Å². The highest BCUT2D eigenvalue weighted by Gasteiger charge is 2.19. The summed E-state index contributed by atoms with van der Waals surface area (Å²) in [7, 11) is 0. The summed E-state index contributed by atoms with van der Waals surface area (Å²) in [4.78, 5) is 15.9. The first-order valence-corrected chi connectivity index (χ1v) is 11.8. The van der Waals surface area contributed by atoms with Gasteiger partial charge in [0, 0.05) is 50.8 Å². The summed E-state index contributed by atoms with van der Waals surface area (Å²) in [6, 6.07) is 8.38. The zero-order valence-electron chi connectivity index (χ0n) is 18.0. The van der Waals surface area contributed by atoms with Gasteiger partial charge in [0.05, 0.1) is 0 Å². The number of anilines is 1. The van der Waals surface area contributed by atoms with Gasteiger partial charge in [0.15, 0.2) is 11.1 Å². The molecular weight excluding hydrogens is 523 g/mol. The van der Waals surface area contributed by atoms with Crippen LogP contribution in [0.25, 0.3) is 0 Å². The fraction of sp³-hybridized carbons (Fsp3) is 0.545. The molecule has 1 aromatic heterocycles. The first-order valence-electron chi connectivity index (χ1n) is 10.9. The minimum absolute atomic E-state index is 0. The molecule has 4 rings (SSSR count). The van der Waals surface area contributed by atoms with E-state index in [2.05, 4.69) is 48.9 Å². The van der Waals surface area contributed by atoms with E-state index in [9.17, 15) is 0 Å². The second kappa shape index (κ2) is 12.4. The van der Waals surface area contributed by atoms with Crippen LogP contribution in [0.5, 0.6) is 5.75 Å². The molecule has 2 aliphatic heterocycles. The smallest absolute Gasteiger partial charge is 0.191 e. The van der Waals surface area contributed by atoms with Crippen LogP contribution >= 0.6 is 35.3 Å². The number of halogens is 1. The van der Waals surface area contributed by atoms with E-state index in [4.69, 9.17) is 10.5 Å². The molecule has 0 amide bonds. The van der Waals surface area contributed by atoms with Crippen molar-refractivity contribution in [2.45, 2.75) is 19.3 Å². The maximum Gasteiger partial charge on any atom is 0.191 e. The number of aliphatic imine (C=N–C) groups is 1. The Morgan fingerprint density at radius 2 is 1.81 bits per heavy atom. The molecule has 9 heteroatoms. The Morgan fingerprint density at radius 1 is 1.06 bits per heavy atom. The van der Waals surface area contributed by atoms with Crippen LogP contribution in [0.15, 0.2) is 40.8 Å². The van der Waals surface area contributed by atoms with Gasteiger partial charge in [-0.25, -0.2) is 4.98 Å². The Balaban J connectivity index is 0.00000272. The van der Waals surface area contributed by atoms with E-state index in [0.29, 0.717) is 12.5 Å². The number of nitrogens with zero attached hydrogens (tertiary/aromatic N) is 5. The molecule has 0 aliphatic carbocycles. The lowest BCUT2D eigenvalue weighted by Crippen LogP contribution is -2.51. The number of hydrogen-bond acceptors (Lipinski definition) is 6. The van der Waals surface area contributed by atoms with Gasteiger partial charge in [-0.1, -0.05) is 12.1 Å². The first kappa shape index (κ1) is 24.1. The molecule has 7 nitrogen and oxygen atoms in total. The SMILES string of the molecule is I.NC(=NCCc1ccc(OCCN2CCCC2)cc1)N1CCN(c2nccs2)CC1. The van der Waals surface area contributed by atoms with Crippen LogP contribution < -0.4 is 15.4 Å². The summed E-state index contributed by atoms with van der Waals surface area (Å²) in [6.07, 6.45) is 5.39. The standard InChI is InChI=1S/C22H32N6OS.HI/c23-21(27-12-14-28(15-13-27)22-25-9-18-30-22)24-8-7-19-3-5-20(6-4-19)29-17-16-26-10-1-2-11-26;/h3-6,9,18H,1-2,7-8,10-17H2,(H2,23,24);1H. The van der Waals surface area contributed by atoms with Crippen molar-refractivity contribution in [2.75, 3.05) is 63.9 Å². The lowest BCUT2D eigenvalue weighted by atomic mass is 10.1. The molecule has 2 N–H and O–H groups in total. The maximum absolute atomic E-state index is 6.23. The summed E-state index contributed by atoms with van der Waals surface area (Å²) >= 11 is 1.69. The van der Waals surface area contributed by atoms with Crippen molar-refractivity contribution in [1.82, 2.24) is 14.8 Å². The van der Waals surface area contributed by atoms with Crippen LogP contribution in [0.4, 0.5) is 5.13 Å². The molecule has 2 fully saturated rings. The Kier molecular flexibility index (Phi) is 9.66. The van der Waals surface area contributed by atoms with Gasteiger partial charge in [-0.05, 0) is 50.0 Å². The van der Waals surface area contributed by atoms with E-state index in [1.807, 2.05) is 11.6 Å². The highest BCUT2D eigenvalue weighted by Crippen LogP contribution is 2.19. The molecule has 0 unspecified atom stereocenters. The van der Waals surface area contributed by atoms with Crippen LogP contribution in [0.3, 0.4) is 0 Å². The fourth-order valence-corrected chi connectivity index (χ4v) is 4.65. The van der Waals surface area contributed by atoms with Crippen LogP contribution in [-0.4, -0.2) is 79.7 Å². The van der Waals surface area contributed by atoms with E-state index in [0.717, 1.165) is 56.6 Å². The van der Waals surface area contributed by atoms with Crippen molar-refractivity contribution in [3.63, 3.8) is 0 Å². The molecule has 2 saturated heterocycles. The number of hydrogen-bond donors (Lipinski definition) is 1. The van der Waals surface area contributed by atoms with Crippen LogP contribution in [-0.2, 0) is 6.42 Å². The largest absolute Gasteiger partial charge is 0.492 e. The number of aromatic nitrogens is 1. The third-order valence-corrected chi connectivity index (χ3v) is 6.60. The molecule has 1 aromatic carbocycles. The number of piperazine rings is 1. The molecule has 0 atom stereocenters. The first-order chi connectivity index (χ1) is 14.8. The fourth-order valence-electron chi connectivity index (χ4n) is 3.95. The topological polar surface area (TPSA) is 70.2 Å². The van der Waals surface area contributed by atoms with Crippen molar-refractivity contribution in [2.24, 2.45) is 10.7 Å². The minimum Gasteiger partial charge on any atom is -0.492 e. The van der Waals surface area contributed by atoms with Crippen molar-refractivity contribution in [3.8, 4) is 5.75 Å². The Morgan fingerprint density at radius 3 is 2.48 bits per heavy atom. The average Bonchev–Trinajstić information content (AvgIpc) is 3.49. The molecule has 2 aliphatic rings. The van der Waals surface area contributed by atoms with Gasteiger partial charge in [-0.15, -0.1) is 35.3 Å². The van der Waals surface area contributed by atoms with Gasteiger partial charge in [0.1, 0.15) is 12.4 Å². The molecule has 0 saturated carbocycles. The number of thiazole rings is 1. The summed E-state index contributed by atoms with van der Waals surface area (Å²) < 4.78 is 5.88. The number of guanidine groups is 1. The van der Waals surface area contributed by atoms with Crippen LogP contribution in [0.1, 0.15) is 18.4 Å². The summed E-state index contributed by atoms with van der Waals surface area (Å²) in [5, 5.41) is 3.11. The van der Waals surface area contributed by atoms with Crippen LogP contribution in [0.2, 0.25) is 0 Å². The predicted octanol–water partition coefficient (Wildman–Crippen LogP) is 2.92. The van der Waals surface area contributed by atoms with Crippen molar-refractivity contribution in [3.05, 3.63) is 41.4 Å². The quantitative estimate of drug-likeness (QED) is 0.307. The van der Waals surface area contributed by atoms with Gasteiger partial charge in [0.25, 0.3) is 0 Å². The van der Waals surface area contributed by atoms with E-state index >= 15 is 0 Å². The van der Waals surface area contributed by atoms with Crippen LogP contribution in [0, 0.1) is 0 Å². The van der Waals surface area contributed by atoms with Gasteiger partial charge in [-0.2, -0.15) is 0 Å². The molecule has 0 spiro atoms. The van der Waals surface area contributed by atoms with E-state index in [1.54, 1.807) is 11.3 Å². The van der Waals surface area contributed by atoms with Gasteiger partial charge < -0.3 is 20.3 Å². The molecule has 31 heavy (non-hydrogen) atoms. The van der Waals surface area contributed by atoms with Gasteiger partial charge in [-0.3, -0.25) is 9.89 Å². The molecular formula is C22H33IN6OS. The number of nitrogens with two attached hydrogens (primary N) is 1. The molecule has 0 radical (unpaired) electrons. The normalized spacial score (nSPS) is 17.6. The second-order valence-corrected chi connectivity index (χ2v) is 8.69. The predicted molar refractivity (Wildman–Crippen MR) is 139 cm³/mol. The number of ether oxygens (including phenoxy) is 1. The lowest BCUT2D eigenvalue weighted by molar-refractivity contribution is 0.238. The van der Waals surface area contributed by atoms with E-state index in [-0.39, 0.29) is 24.0 Å².